The number of alkyl halides is 4. The third kappa shape index (κ3) is 4.49. The van der Waals surface area contributed by atoms with E-state index in [1.807, 2.05) is 6.07 Å². The predicted octanol–water partition coefficient (Wildman–Crippen LogP) is 3.97. The van der Waals surface area contributed by atoms with E-state index in [2.05, 4.69) is 35.5 Å². The van der Waals surface area contributed by atoms with Crippen molar-refractivity contribution in [3.63, 3.8) is 0 Å². The summed E-state index contributed by atoms with van der Waals surface area (Å²) in [5, 5.41) is 22.0. The van der Waals surface area contributed by atoms with Crippen LogP contribution in [0.1, 0.15) is 55.0 Å². The SMILES string of the molecule is N#Cc1cnc(Nc2cc([C@@H]3CC[C@H](OC(=O)NC45CC(C4)C5)[C@H]3F)[nH]n2)n2cc(COC(F)(F)F)nc12. The first-order chi connectivity index (χ1) is 18.1. The summed E-state index contributed by atoms with van der Waals surface area (Å²) < 4.78 is 63.0. The number of imidazole rings is 1. The third-order valence-electron chi connectivity index (χ3n) is 7.45. The molecule has 7 rings (SSSR count). The van der Waals surface area contributed by atoms with Gasteiger partial charge in [0.15, 0.2) is 11.5 Å². The van der Waals surface area contributed by atoms with Gasteiger partial charge in [-0.2, -0.15) is 10.4 Å². The van der Waals surface area contributed by atoms with Crippen LogP contribution in [0, 0.1) is 17.2 Å². The number of amides is 1. The van der Waals surface area contributed by atoms with E-state index in [0.717, 1.165) is 19.3 Å². The van der Waals surface area contributed by atoms with Crippen LogP contribution >= 0.6 is 0 Å². The lowest BCUT2D eigenvalue weighted by molar-refractivity contribution is -0.330. The number of hydrogen-bond acceptors (Lipinski definition) is 8. The molecule has 0 aliphatic heterocycles. The van der Waals surface area contributed by atoms with Crippen molar-refractivity contribution in [2.24, 2.45) is 5.92 Å². The summed E-state index contributed by atoms with van der Waals surface area (Å²) in [5.41, 5.74) is 0.403. The zero-order valence-electron chi connectivity index (χ0n) is 19.8. The Morgan fingerprint density at radius 2 is 2.11 bits per heavy atom. The number of hydrogen-bond donors (Lipinski definition) is 3. The molecule has 0 aromatic carbocycles. The lowest BCUT2D eigenvalue weighted by Gasteiger charge is -2.61. The zero-order valence-corrected chi connectivity index (χ0v) is 19.8. The van der Waals surface area contributed by atoms with Crippen molar-refractivity contribution in [1.82, 2.24) is 29.9 Å². The summed E-state index contributed by atoms with van der Waals surface area (Å²) in [6.45, 7) is -0.843. The number of rotatable bonds is 7. The molecule has 4 aliphatic carbocycles. The van der Waals surface area contributed by atoms with Crippen molar-refractivity contribution in [2.75, 3.05) is 5.32 Å². The first kappa shape index (κ1) is 24.4. The number of carbonyl (C=O) groups is 1. The Morgan fingerprint density at radius 3 is 2.79 bits per heavy atom. The van der Waals surface area contributed by atoms with Gasteiger partial charge in [0.25, 0.3) is 0 Å². The molecule has 4 fully saturated rings. The van der Waals surface area contributed by atoms with Crippen LogP contribution in [0.4, 0.5) is 34.1 Å². The summed E-state index contributed by atoms with van der Waals surface area (Å²) in [6.07, 6.45) is -1.54. The Balaban J connectivity index is 1.13. The molecule has 4 aliphatic rings. The Labute approximate surface area is 212 Å². The topological polar surface area (TPSA) is 142 Å². The second kappa shape index (κ2) is 8.83. The van der Waals surface area contributed by atoms with Crippen molar-refractivity contribution in [3.05, 3.63) is 35.4 Å². The van der Waals surface area contributed by atoms with Crippen molar-refractivity contribution < 1.29 is 31.8 Å². The van der Waals surface area contributed by atoms with E-state index in [1.54, 1.807) is 6.07 Å². The maximum atomic E-state index is 15.2. The van der Waals surface area contributed by atoms with Crippen LogP contribution in [0.3, 0.4) is 0 Å². The smallest absolute Gasteiger partial charge is 0.443 e. The number of carbonyl (C=O) groups excluding carboxylic acids is 1. The van der Waals surface area contributed by atoms with Crippen molar-refractivity contribution in [1.29, 1.82) is 5.26 Å². The Kier molecular flexibility index (Phi) is 5.67. The maximum absolute atomic E-state index is 15.2. The highest BCUT2D eigenvalue weighted by Crippen LogP contribution is 2.57. The lowest BCUT2D eigenvalue weighted by Crippen LogP contribution is -2.68. The van der Waals surface area contributed by atoms with Gasteiger partial charge in [0.1, 0.15) is 23.9 Å². The van der Waals surface area contributed by atoms with Crippen molar-refractivity contribution in [3.8, 4) is 6.07 Å². The molecule has 3 heterocycles. The number of nitriles is 1. The van der Waals surface area contributed by atoms with Crippen molar-refractivity contribution >= 4 is 23.5 Å². The minimum atomic E-state index is -4.84. The minimum absolute atomic E-state index is 0.0480. The summed E-state index contributed by atoms with van der Waals surface area (Å²) in [7, 11) is 0. The van der Waals surface area contributed by atoms with Crippen LogP contribution in [-0.2, 0) is 16.1 Å². The maximum Gasteiger partial charge on any atom is 0.522 e. The molecule has 200 valence electrons. The van der Waals surface area contributed by atoms with Gasteiger partial charge in [-0.25, -0.2) is 19.2 Å². The number of fused-ring (bicyclic) bond motifs is 1. The van der Waals surface area contributed by atoms with E-state index in [9.17, 15) is 23.2 Å². The fourth-order valence-electron chi connectivity index (χ4n) is 5.52. The van der Waals surface area contributed by atoms with Gasteiger partial charge >= 0.3 is 12.5 Å². The Morgan fingerprint density at radius 1 is 1.32 bits per heavy atom. The summed E-state index contributed by atoms with van der Waals surface area (Å²) in [4.78, 5) is 20.4. The highest BCUT2D eigenvalue weighted by molar-refractivity contribution is 5.69. The van der Waals surface area contributed by atoms with Gasteiger partial charge in [-0.1, -0.05) is 0 Å². The number of nitrogens with one attached hydrogen (secondary N) is 3. The zero-order chi connectivity index (χ0) is 26.7. The second-order valence-electron chi connectivity index (χ2n) is 10.1. The Bertz CT molecular complexity index is 1410. The number of anilines is 2. The highest BCUT2D eigenvalue weighted by Gasteiger charge is 2.58. The average molecular weight is 534 g/mol. The molecule has 3 N–H and O–H groups in total. The quantitative estimate of drug-likeness (QED) is 0.387. The molecule has 2 bridgehead atoms. The van der Waals surface area contributed by atoms with Crippen LogP contribution in [0.25, 0.3) is 5.65 Å². The normalized spacial score (nSPS) is 27.9. The van der Waals surface area contributed by atoms with Gasteiger partial charge in [-0.15, -0.1) is 13.2 Å². The summed E-state index contributed by atoms with van der Waals surface area (Å²) >= 11 is 0. The molecular weight excluding hydrogens is 512 g/mol. The number of nitrogens with zero attached hydrogens (tertiary/aromatic N) is 5. The van der Waals surface area contributed by atoms with Gasteiger partial charge in [0.2, 0.25) is 5.95 Å². The molecular formula is C23H22F4N8O3. The average Bonchev–Trinajstić information content (AvgIpc) is 3.53. The summed E-state index contributed by atoms with van der Waals surface area (Å²) in [6, 6.07) is 3.47. The molecule has 4 saturated carbocycles. The van der Waals surface area contributed by atoms with E-state index < -0.39 is 37.3 Å². The van der Waals surface area contributed by atoms with Crippen molar-refractivity contribution in [2.45, 2.75) is 68.8 Å². The van der Waals surface area contributed by atoms with Crippen LogP contribution in [0.2, 0.25) is 0 Å². The molecule has 0 radical (unpaired) electrons. The van der Waals surface area contributed by atoms with E-state index in [-0.39, 0.29) is 34.2 Å². The van der Waals surface area contributed by atoms with E-state index in [4.69, 9.17) is 4.74 Å². The number of aromatic amines is 1. The van der Waals surface area contributed by atoms with Gasteiger partial charge in [0.05, 0.1) is 18.5 Å². The molecule has 15 heteroatoms. The van der Waals surface area contributed by atoms with E-state index in [1.165, 1.54) is 16.8 Å². The fraction of sp³-hybridized carbons (Fsp3) is 0.522. The van der Waals surface area contributed by atoms with Gasteiger partial charge in [-0.05, 0) is 38.0 Å². The fourth-order valence-corrected chi connectivity index (χ4v) is 5.52. The minimum Gasteiger partial charge on any atom is -0.443 e. The molecule has 3 atom stereocenters. The van der Waals surface area contributed by atoms with E-state index in [0.29, 0.717) is 24.5 Å². The predicted molar refractivity (Wildman–Crippen MR) is 121 cm³/mol. The molecule has 3 aromatic heterocycles. The summed E-state index contributed by atoms with van der Waals surface area (Å²) in [5.74, 6) is 0.507. The molecule has 0 spiro atoms. The number of H-pyrrole nitrogens is 1. The lowest BCUT2D eigenvalue weighted by atomic mass is 9.50. The number of aromatic nitrogens is 5. The molecule has 3 aromatic rings. The first-order valence-corrected chi connectivity index (χ1v) is 12.0. The van der Waals surface area contributed by atoms with Gasteiger partial charge in [-0.3, -0.25) is 14.2 Å². The molecule has 38 heavy (non-hydrogen) atoms. The van der Waals surface area contributed by atoms with Gasteiger partial charge < -0.3 is 15.4 Å². The largest absolute Gasteiger partial charge is 0.522 e. The van der Waals surface area contributed by atoms with Crippen LogP contribution in [-0.4, -0.2) is 54.8 Å². The van der Waals surface area contributed by atoms with E-state index >= 15 is 4.39 Å². The number of ether oxygens (including phenoxy) is 2. The highest BCUT2D eigenvalue weighted by atomic mass is 19.4. The standard InChI is InChI=1S/C23H22F4N8O3/c24-18-14(1-2-16(18)38-21(36)32-22-4-11(5-22)6-22)15-3-17(34-33-15)31-20-29-8-12(7-28)19-30-13(9-35(19)20)10-37-23(25,26)27/h3,8-9,11,14,16,18H,1-2,4-6,10H2,(H,32,36)(H2,29,31,33,34)/t11?,14-,16-,18-,22?/m0/s1. The van der Waals surface area contributed by atoms with Gasteiger partial charge in [0, 0.05) is 29.4 Å². The molecule has 0 unspecified atom stereocenters. The number of alkyl carbamates (subject to hydrolysis) is 1. The number of halogens is 4. The molecule has 0 saturated heterocycles. The Hall–Kier alpha value is -3.93. The third-order valence-corrected chi connectivity index (χ3v) is 7.45. The van der Waals surface area contributed by atoms with Crippen LogP contribution < -0.4 is 10.6 Å². The molecule has 1 amide bonds. The monoisotopic (exact) mass is 534 g/mol. The first-order valence-electron chi connectivity index (χ1n) is 12.0. The molecule has 11 nitrogen and oxygen atoms in total. The van der Waals surface area contributed by atoms with Crippen LogP contribution in [0.15, 0.2) is 18.5 Å². The van der Waals surface area contributed by atoms with Crippen LogP contribution in [0.5, 0.6) is 0 Å². The second-order valence-corrected chi connectivity index (χ2v) is 10.1.